The fourth-order valence-electron chi connectivity index (χ4n) is 2.00. The average Bonchev–Trinajstić information content (AvgIpc) is 2.44. The van der Waals surface area contributed by atoms with Crippen molar-refractivity contribution in [3.05, 3.63) is 40.8 Å². The number of azide groups is 1. The van der Waals surface area contributed by atoms with Crippen LogP contribution in [0.1, 0.15) is 6.92 Å². The lowest BCUT2D eigenvalue weighted by Crippen LogP contribution is -2.53. The molecule has 1 aromatic rings. The van der Waals surface area contributed by atoms with Crippen LogP contribution in [0.3, 0.4) is 0 Å². The third kappa shape index (κ3) is 4.21. The number of urea groups is 1. The third-order valence-corrected chi connectivity index (χ3v) is 5.10. The van der Waals surface area contributed by atoms with Gasteiger partial charge in [0.25, 0.3) is 0 Å². The lowest BCUT2D eigenvalue weighted by Gasteiger charge is -2.24. The van der Waals surface area contributed by atoms with Crippen LogP contribution in [0, 0.1) is 0 Å². The Morgan fingerprint density at radius 1 is 1.36 bits per heavy atom. The number of sulfone groups is 1. The summed E-state index contributed by atoms with van der Waals surface area (Å²) in [6.07, 6.45) is 0. The van der Waals surface area contributed by atoms with Crippen LogP contribution in [-0.4, -0.2) is 38.1 Å². The van der Waals surface area contributed by atoms with E-state index in [1.807, 2.05) is 0 Å². The number of hydrogen-bond acceptors (Lipinski definition) is 5. The van der Waals surface area contributed by atoms with Gasteiger partial charge in [-0.15, -0.1) is 0 Å². The molecule has 0 aliphatic rings. The van der Waals surface area contributed by atoms with Crippen molar-refractivity contribution in [3.63, 3.8) is 0 Å². The highest BCUT2D eigenvalue weighted by molar-refractivity contribution is 7.92. The van der Waals surface area contributed by atoms with Crippen molar-refractivity contribution in [1.82, 2.24) is 5.32 Å². The zero-order chi connectivity index (χ0) is 16.8. The lowest BCUT2D eigenvalue weighted by molar-refractivity contribution is -0.117. The Hall–Kier alpha value is -2.58. The van der Waals surface area contributed by atoms with E-state index in [9.17, 15) is 18.0 Å². The molecule has 10 heteroatoms. The number of carbonyl (C=O) groups excluding carboxylic acids is 2. The van der Waals surface area contributed by atoms with Gasteiger partial charge in [0.15, 0.2) is 9.84 Å². The molecule has 0 aliphatic carbocycles. The molecule has 0 radical (unpaired) electrons. The monoisotopic (exact) mass is 325 g/mol. The number of amides is 2. The van der Waals surface area contributed by atoms with Gasteiger partial charge >= 0.3 is 6.03 Å². The first kappa shape index (κ1) is 17.5. The molecule has 3 N–H and O–H groups in total. The summed E-state index contributed by atoms with van der Waals surface area (Å²) in [4.78, 5) is 25.3. The van der Waals surface area contributed by atoms with Crippen molar-refractivity contribution in [2.75, 3.05) is 6.54 Å². The number of nitrogens with one attached hydrogen (secondary N) is 1. The Labute approximate surface area is 127 Å². The number of primary amides is 1. The van der Waals surface area contributed by atoms with E-state index in [0.717, 1.165) is 6.92 Å². The highest BCUT2D eigenvalue weighted by atomic mass is 32.2. The van der Waals surface area contributed by atoms with E-state index in [-0.39, 0.29) is 4.90 Å². The molecule has 22 heavy (non-hydrogen) atoms. The van der Waals surface area contributed by atoms with Crippen LogP contribution >= 0.6 is 0 Å². The Morgan fingerprint density at radius 2 is 1.95 bits per heavy atom. The van der Waals surface area contributed by atoms with Crippen molar-refractivity contribution < 1.29 is 18.0 Å². The van der Waals surface area contributed by atoms with Gasteiger partial charge in [-0.2, -0.15) is 0 Å². The second-order valence-corrected chi connectivity index (χ2v) is 6.49. The van der Waals surface area contributed by atoms with Gasteiger partial charge in [-0.05, 0) is 24.6 Å². The Balaban J connectivity index is 3.32. The predicted molar refractivity (Wildman–Crippen MR) is 78.6 cm³/mol. The maximum absolute atomic E-state index is 12.6. The van der Waals surface area contributed by atoms with E-state index in [0.29, 0.717) is 0 Å². The van der Waals surface area contributed by atoms with E-state index in [1.165, 1.54) is 24.3 Å². The predicted octanol–water partition coefficient (Wildman–Crippen LogP) is 0.765. The topological polar surface area (TPSA) is 155 Å². The number of nitrogens with two attached hydrogens (primary N) is 1. The van der Waals surface area contributed by atoms with Gasteiger partial charge in [-0.1, -0.05) is 23.3 Å². The summed E-state index contributed by atoms with van der Waals surface area (Å²) in [6.45, 7) is 0.659. The fraction of sp³-hybridized carbons (Fsp3) is 0.333. The van der Waals surface area contributed by atoms with Gasteiger partial charge in [0.2, 0.25) is 0 Å². The molecule has 0 saturated carbocycles. The quantitative estimate of drug-likeness (QED) is 0.431. The van der Waals surface area contributed by atoms with Gasteiger partial charge < -0.3 is 11.1 Å². The van der Waals surface area contributed by atoms with E-state index in [2.05, 4.69) is 15.3 Å². The van der Waals surface area contributed by atoms with Crippen molar-refractivity contribution in [2.45, 2.75) is 23.1 Å². The third-order valence-electron chi connectivity index (χ3n) is 2.84. The molecule has 0 bridgehead atoms. The molecule has 0 aliphatic heterocycles. The molecule has 1 aromatic carbocycles. The van der Waals surface area contributed by atoms with E-state index >= 15 is 0 Å². The minimum Gasteiger partial charge on any atom is -0.352 e. The van der Waals surface area contributed by atoms with Crippen molar-refractivity contribution in [1.29, 1.82) is 0 Å². The first-order valence-corrected chi connectivity index (χ1v) is 7.71. The summed E-state index contributed by atoms with van der Waals surface area (Å²) < 4.78 is 25.2. The number of carbonyl (C=O) groups is 2. The molecule has 0 spiro atoms. The molecule has 0 saturated heterocycles. The standard InChI is InChI=1S/C12H15N5O4S/c1-8(18)11(10(7-15-17-14)16-12(13)19)22(20,21)9-5-3-2-4-6-9/h2-6,10-11H,7H2,1H3,(H3,13,16,19). The van der Waals surface area contributed by atoms with Crippen LogP contribution in [0.4, 0.5) is 4.79 Å². The summed E-state index contributed by atoms with van der Waals surface area (Å²) in [5.41, 5.74) is 13.4. The highest BCUT2D eigenvalue weighted by Gasteiger charge is 2.38. The van der Waals surface area contributed by atoms with Crippen LogP contribution in [0.25, 0.3) is 10.4 Å². The average molecular weight is 325 g/mol. The number of ketones is 1. The van der Waals surface area contributed by atoms with Crippen LogP contribution < -0.4 is 11.1 Å². The van der Waals surface area contributed by atoms with E-state index in [1.54, 1.807) is 6.07 Å². The summed E-state index contributed by atoms with van der Waals surface area (Å²) >= 11 is 0. The molecule has 2 unspecified atom stereocenters. The summed E-state index contributed by atoms with van der Waals surface area (Å²) in [5, 5.41) is 3.77. The number of Topliss-reactive ketones (excluding diaryl/α,β-unsaturated/α-hetero) is 1. The van der Waals surface area contributed by atoms with E-state index < -0.39 is 39.5 Å². The minimum absolute atomic E-state index is 0.0765. The smallest absolute Gasteiger partial charge is 0.312 e. The van der Waals surface area contributed by atoms with E-state index in [4.69, 9.17) is 11.3 Å². The molecule has 9 nitrogen and oxygen atoms in total. The summed E-state index contributed by atoms with van der Waals surface area (Å²) in [5.74, 6) is -0.698. The summed E-state index contributed by atoms with van der Waals surface area (Å²) in [7, 11) is -4.08. The first-order valence-electron chi connectivity index (χ1n) is 6.17. The molecule has 0 aromatic heterocycles. The lowest BCUT2D eigenvalue weighted by atomic mass is 10.1. The fourth-order valence-corrected chi connectivity index (χ4v) is 3.85. The number of benzene rings is 1. The molecule has 2 atom stereocenters. The molecule has 118 valence electrons. The van der Waals surface area contributed by atoms with Crippen LogP contribution in [0.5, 0.6) is 0 Å². The maximum atomic E-state index is 12.6. The van der Waals surface area contributed by atoms with Gasteiger partial charge in [-0.3, -0.25) is 4.79 Å². The van der Waals surface area contributed by atoms with Crippen LogP contribution in [0.2, 0.25) is 0 Å². The zero-order valence-corrected chi connectivity index (χ0v) is 12.5. The van der Waals surface area contributed by atoms with Gasteiger partial charge in [0.05, 0.1) is 10.9 Å². The molecule has 0 fully saturated rings. The molecule has 0 heterocycles. The van der Waals surface area contributed by atoms with Crippen molar-refractivity contribution in [2.24, 2.45) is 10.8 Å². The van der Waals surface area contributed by atoms with Crippen LogP contribution in [-0.2, 0) is 14.6 Å². The van der Waals surface area contributed by atoms with Crippen LogP contribution in [0.15, 0.2) is 40.3 Å². The Bertz CT molecular complexity index is 693. The molecule has 2 amide bonds. The minimum atomic E-state index is -4.08. The normalized spacial score (nSPS) is 13.5. The van der Waals surface area contributed by atoms with Gasteiger partial charge in [-0.25, -0.2) is 13.2 Å². The maximum Gasteiger partial charge on any atom is 0.312 e. The van der Waals surface area contributed by atoms with Gasteiger partial charge in [0.1, 0.15) is 11.0 Å². The summed E-state index contributed by atoms with van der Waals surface area (Å²) in [6, 6.07) is 5.03. The number of hydrogen-bond donors (Lipinski definition) is 2. The molecular formula is C12H15N5O4S. The Morgan fingerprint density at radius 3 is 2.41 bits per heavy atom. The Kier molecular flexibility index (Phi) is 5.90. The zero-order valence-electron chi connectivity index (χ0n) is 11.7. The SMILES string of the molecule is CC(=O)C(C(CN=[N+]=[N-])NC(N)=O)S(=O)(=O)c1ccccc1. The second-order valence-electron chi connectivity index (χ2n) is 4.42. The molecule has 1 rings (SSSR count). The first-order chi connectivity index (χ1) is 10.3. The molecular weight excluding hydrogens is 310 g/mol. The highest BCUT2D eigenvalue weighted by Crippen LogP contribution is 2.19. The largest absolute Gasteiger partial charge is 0.352 e. The second kappa shape index (κ2) is 7.43. The van der Waals surface area contributed by atoms with Gasteiger partial charge in [0, 0.05) is 11.5 Å². The number of nitrogens with zero attached hydrogens (tertiary/aromatic N) is 3. The van der Waals surface area contributed by atoms with Crippen molar-refractivity contribution in [3.8, 4) is 0 Å². The number of rotatable bonds is 7. The van der Waals surface area contributed by atoms with Crippen molar-refractivity contribution >= 4 is 21.7 Å².